The van der Waals surface area contributed by atoms with Crippen molar-refractivity contribution < 1.29 is 4.79 Å². The van der Waals surface area contributed by atoms with Crippen LogP contribution in [0.4, 0.5) is 5.69 Å². The van der Waals surface area contributed by atoms with Crippen molar-refractivity contribution in [1.29, 1.82) is 0 Å². The number of amides is 1. The highest BCUT2D eigenvalue weighted by Gasteiger charge is 2.14. The van der Waals surface area contributed by atoms with Gasteiger partial charge in [-0.05, 0) is 28.1 Å². The number of carbonyl (C=O) groups excluding carboxylic acids is 1. The molecule has 2 rings (SSSR count). The van der Waals surface area contributed by atoms with Gasteiger partial charge in [0.1, 0.15) is 9.49 Å². The number of hydrogen-bond acceptors (Lipinski definition) is 3. The maximum atomic E-state index is 11.9. The van der Waals surface area contributed by atoms with Gasteiger partial charge in [-0.3, -0.25) is 4.79 Å². The highest BCUT2D eigenvalue weighted by atomic mass is 79.9. The molecular formula is C10H4BrCl3N2OS. The zero-order valence-corrected chi connectivity index (χ0v) is 13.2. The van der Waals surface area contributed by atoms with Crippen LogP contribution in [0.1, 0.15) is 10.4 Å². The van der Waals surface area contributed by atoms with Gasteiger partial charge in [-0.15, -0.1) is 11.3 Å². The molecule has 0 aliphatic heterocycles. The molecule has 0 atom stereocenters. The Bertz CT molecular complexity index is 617. The number of pyridine rings is 1. The van der Waals surface area contributed by atoms with Crippen LogP contribution in [0.15, 0.2) is 22.8 Å². The zero-order chi connectivity index (χ0) is 13.3. The number of anilines is 1. The van der Waals surface area contributed by atoms with Crippen LogP contribution in [0, 0.1) is 0 Å². The summed E-state index contributed by atoms with van der Waals surface area (Å²) < 4.78 is 1.40. The first-order valence-corrected chi connectivity index (χ1v) is 7.29. The second-order valence-corrected chi connectivity index (χ2v) is 6.69. The molecule has 2 aromatic heterocycles. The minimum atomic E-state index is -0.348. The smallest absolute Gasteiger partial charge is 0.258 e. The summed E-state index contributed by atoms with van der Waals surface area (Å²) in [4.78, 5) is 15.8. The van der Waals surface area contributed by atoms with Crippen LogP contribution in [0.3, 0.4) is 0 Å². The molecule has 1 N–H and O–H groups in total. The number of aromatic nitrogens is 1. The van der Waals surface area contributed by atoms with E-state index in [1.165, 1.54) is 12.3 Å². The quantitative estimate of drug-likeness (QED) is 0.728. The van der Waals surface area contributed by atoms with Crippen LogP contribution in [0.5, 0.6) is 0 Å². The molecule has 0 aliphatic carbocycles. The number of carbonyl (C=O) groups is 1. The van der Waals surface area contributed by atoms with E-state index in [0.717, 1.165) is 11.3 Å². The van der Waals surface area contributed by atoms with Crippen LogP contribution in [-0.2, 0) is 0 Å². The van der Waals surface area contributed by atoms with Gasteiger partial charge in [0, 0.05) is 0 Å². The Kier molecular flexibility index (Phi) is 4.50. The third-order valence-corrected chi connectivity index (χ3v) is 4.58. The van der Waals surface area contributed by atoms with Crippen LogP contribution in [0.25, 0.3) is 0 Å². The van der Waals surface area contributed by atoms with Gasteiger partial charge in [0.25, 0.3) is 5.91 Å². The second-order valence-electron chi connectivity index (χ2n) is 3.19. The number of halogens is 4. The van der Waals surface area contributed by atoms with Crippen molar-refractivity contribution in [2.75, 3.05) is 5.32 Å². The number of hydrogen-bond donors (Lipinski definition) is 1. The Morgan fingerprint density at radius 2 is 2.06 bits per heavy atom. The summed E-state index contributed by atoms with van der Waals surface area (Å²) >= 11 is 21.8. The van der Waals surface area contributed by atoms with Gasteiger partial charge >= 0.3 is 0 Å². The van der Waals surface area contributed by atoms with Crippen molar-refractivity contribution in [2.45, 2.75) is 0 Å². The van der Waals surface area contributed by atoms with Crippen LogP contribution in [-0.4, -0.2) is 10.9 Å². The van der Waals surface area contributed by atoms with E-state index >= 15 is 0 Å². The Hall–Kier alpha value is -0.330. The average Bonchev–Trinajstić information content (AvgIpc) is 2.63. The standard InChI is InChI=1S/C10H4BrCl3N2OS/c11-6-1-4(3-15-8(6)13)16-10(17)5-2-7(12)18-9(5)14/h1-3H,(H,16,17). The Morgan fingerprint density at radius 3 is 2.61 bits per heavy atom. The molecule has 0 aliphatic rings. The molecule has 0 radical (unpaired) electrons. The predicted octanol–water partition coefficient (Wildman–Crippen LogP) is 5.12. The summed E-state index contributed by atoms with van der Waals surface area (Å²) in [5.74, 6) is -0.348. The maximum absolute atomic E-state index is 11.9. The molecule has 18 heavy (non-hydrogen) atoms. The first-order valence-electron chi connectivity index (χ1n) is 4.54. The molecule has 1 amide bonds. The monoisotopic (exact) mass is 384 g/mol. The van der Waals surface area contributed by atoms with Crippen LogP contribution >= 0.6 is 62.1 Å². The largest absolute Gasteiger partial charge is 0.320 e. The molecule has 0 aromatic carbocycles. The first-order chi connectivity index (χ1) is 8.47. The summed E-state index contributed by atoms with van der Waals surface area (Å²) in [6.45, 7) is 0. The lowest BCUT2D eigenvalue weighted by Gasteiger charge is -2.04. The zero-order valence-electron chi connectivity index (χ0n) is 8.51. The van der Waals surface area contributed by atoms with Gasteiger partial charge in [0.05, 0.1) is 26.3 Å². The summed E-state index contributed by atoms with van der Waals surface area (Å²) in [5.41, 5.74) is 0.840. The number of rotatable bonds is 2. The number of nitrogens with one attached hydrogen (secondary N) is 1. The van der Waals surface area contributed by atoms with Gasteiger partial charge in [-0.2, -0.15) is 0 Å². The van der Waals surface area contributed by atoms with Gasteiger partial charge in [0.2, 0.25) is 0 Å². The molecule has 0 unspecified atom stereocenters. The van der Waals surface area contributed by atoms with Crippen LogP contribution < -0.4 is 5.32 Å². The van der Waals surface area contributed by atoms with Crippen LogP contribution in [0.2, 0.25) is 13.8 Å². The topological polar surface area (TPSA) is 42.0 Å². The Morgan fingerprint density at radius 1 is 1.33 bits per heavy atom. The highest BCUT2D eigenvalue weighted by Crippen LogP contribution is 2.32. The van der Waals surface area contributed by atoms with Crippen molar-refractivity contribution in [3.63, 3.8) is 0 Å². The van der Waals surface area contributed by atoms with E-state index < -0.39 is 0 Å². The lowest BCUT2D eigenvalue weighted by Crippen LogP contribution is -2.11. The third kappa shape index (κ3) is 3.16. The Labute approximate surface area is 130 Å². The molecule has 0 saturated heterocycles. The lowest BCUT2D eigenvalue weighted by molar-refractivity contribution is 0.102. The average molecular weight is 386 g/mol. The van der Waals surface area contributed by atoms with Crippen molar-refractivity contribution in [3.05, 3.63) is 42.2 Å². The molecule has 2 heterocycles. The number of thiophene rings is 1. The van der Waals surface area contributed by atoms with E-state index in [4.69, 9.17) is 34.8 Å². The molecule has 0 bridgehead atoms. The molecule has 3 nitrogen and oxygen atoms in total. The molecule has 8 heteroatoms. The van der Waals surface area contributed by atoms with E-state index in [1.807, 2.05) is 0 Å². The molecular weight excluding hydrogens is 382 g/mol. The van der Waals surface area contributed by atoms with Crippen molar-refractivity contribution >= 4 is 73.7 Å². The predicted molar refractivity (Wildman–Crippen MR) is 79.2 cm³/mol. The third-order valence-electron chi connectivity index (χ3n) is 1.96. The minimum Gasteiger partial charge on any atom is -0.320 e. The van der Waals surface area contributed by atoms with Gasteiger partial charge in [-0.25, -0.2) is 4.98 Å². The van der Waals surface area contributed by atoms with Gasteiger partial charge in [-0.1, -0.05) is 34.8 Å². The van der Waals surface area contributed by atoms with E-state index in [1.54, 1.807) is 6.07 Å². The van der Waals surface area contributed by atoms with Crippen molar-refractivity contribution in [3.8, 4) is 0 Å². The molecule has 0 saturated carbocycles. The SMILES string of the molecule is O=C(Nc1cnc(Cl)c(Br)c1)c1cc(Cl)sc1Cl. The fourth-order valence-electron chi connectivity index (χ4n) is 1.18. The Balaban J connectivity index is 2.21. The fraction of sp³-hybridized carbons (Fsp3) is 0. The first kappa shape index (κ1) is 14.1. The van der Waals surface area contributed by atoms with Crippen molar-refractivity contribution in [1.82, 2.24) is 4.98 Å². The van der Waals surface area contributed by atoms with Crippen molar-refractivity contribution in [2.24, 2.45) is 0 Å². The minimum absolute atomic E-state index is 0.324. The molecule has 2 aromatic rings. The molecule has 0 spiro atoms. The van der Waals surface area contributed by atoms with E-state index in [0.29, 0.717) is 29.5 Å². The number of nitrogens with zero attached hydrogens (tertiary/aromatic N) is 1. The molecule has 0 fully saturated rings. The maximum Gasteiger partial charge on any atom is 0.258 e. The van der Waals surface area contributed by atoms with E-state index in [-0.39, 0.29) is 5.91 Å². The fourth-order valence-corrected chi connectivity index (χ4v) is 3.09. The molecule has 94 valence electrons. The van der Waals surface area contributed by atoms with E-state index in [2.05, 4.69) is 26.2 Å². The highest BCUT2D eigenvalue weighted by molar-refractivity contribution is 9.10. The summed E-state index contributed by atoms with van der Waals surface area (Å²) in [6.07, 6.45) is 1.45. The summed E-state index contributed by atoms with van der Waals surface area (Å²) in [6, 6.07) is 3.16. The second kappa shape index (κ2) is 5.75. The van der Waals surface area contributed by atoms with Gasteiger partial charge < -0.3 is 5.32 Å². The lowest BCUT2D eigenvalue weighted by atomic mass is 10.3. The van der Waals surface area contributed by atoms with Gasteiger partial charge in [0.15, 0.2) is 0 Å². The van der Waals surface area contributed by atoms with E-state index in [9.17, 15) is 4.79 Å². The normalized spacial score (nSPS) is 10.4. The summed E-state index contributed by atoms with van der Waals surface area (Å²) in [5, 5.41) is 2.98. The summed E-state index contributed by atoms with van der Waals surface area (Å²) in [7, 11) is 0.